The smallest absolute Gasteiger partial charge is 0.0701 e. The molecule has 1 N–H and O–H groups in total. The molecule has 1 aromatic heterocycles. The molecule has 1 aliphatic rings. The van der Waals surface area contributed by atoms with Crippen molar-refractivity contribution >= 4 is 39.0 Å². The minimum atomic E-state index is 0.497. The summed E-state index contributed by atoms with van der Waals surface area (Å²) in [5.74, 6) is 2.56. The van der Waals surface area contributed by atoms with E-state index in [4.69, 9.17) is 0 Å². The summed E-state index contributed by atoms with van der Waals surface area (Å²) in [5, 5.41) is 3.68. The van der Waals surface area contributed by atoms with Crippen LogP contribution in [0.1, 0.15) is 25.1 Å². The summed E-state index contributed by atoms with van der Waals surface area (Å²) in [6.45, 7) is 5.75. The fraction of sp³-hybridized carbons (Fsp3) is 0.667. The Kier molecular flexibility index (Phi) is 4.38. The summed E-state index contributed by atoms with van der Waals surface area (Å²) in [6, 6.07) is 5.00. The standard InChI is InChI=1S/C12H18BrNS2/c1-12(2)5-9(7-15-8-12)14-6-10-3-4-11(13)16-10/h3-4,9,14H,5-8H2,1-2H3. The number of thioether (sulfide) groups is 1. The largest absolute Gasteiger partial charge is 0.308 e. The summed E-state index contributed by atoms with van der Waals surface area (Å²) in [6.07, 6.45) is 1.30. The normalized spacial score (nSPS) is 24.6. The summed E-state index contributed by atoms with van der Waals surface area (Å²) >= 11 is 7.41. The molecule has 0 amide bonds. The van der Waals surface area contributed by atoms with E-state index in [1.165, 1.54) is 26.6 Å². The Morgan fingerprint density at radius 3 is 2.94 bits per heavy atom. The SMILES string of the molecule is CC1(C)CSCC(NCc2ccc(Br)s2)C1. The molecule has 2 heterocycles. The molecule has 1 aromatic rings. The second kappa shape index (κ2) is 5.42. The number of thiophene rings is 1. The van der Waals surface area contributed by atoms with Crippen LogP contribution in [0.25, 0.3) is 0 Å². The number of hydrogen-bond acceptors (Lipinski definition) is 3. The Hall–Kier alpha value is 0.490. The van der Waals surface area contributed by atoms with Gasteiger partial charge in [-0.3, -0.25) is 0 Å². The maximum Gasteiger partial charge on any atom is 0.0701 e. The summed E-state index contributed by atoms with van der Waals surface area (Å²) in [4.78, 5) is 1.42. The van der Waals surface area contributed by atoms with Crippen molar-refractivity contribution in [3.8, 4) is 0 Å². The van der Waals surface area contributed by atoms with Crippen LogP contribution in [0.5, 0.6) is 0 Å². The quantitative estimate of drug-likeness (QED) is 0.899. The van der Waals surface area contributed by atoms with E-state index in [2.05, 4.69) is 59.0 Å². The van der Waals surface area contributed by atoms with Crippen LogP contribution in [0, 0.1) is 5.41 Å². The molecule has 16 heavy (non-hydrogen) atoms. The summed E-state index contributed by atoms with van der Waals surface area (Å²) < 4.78 is 1.22. The van der Waals surface area contributed by atoms with Crippen molar-refractivity contribution in [3.05, 3.63) is 20.8 Å². The zero-order valence-electron chi connectivity index (χ0n) is 9.75. The van der Waals surface area contributed by atoms with Gasteiger partial charge < -0.3 is 5.32 Å². The first-order chi connectivity index (χ1) is 7.55. The highest BCUT2D eigenvalue weighted by Crippen LogP contribution is 2.33. The van der Waals surface area contributed by atoms with Crippen LogP contribution in [-0.2, 0) is 6.54 Å². The molecule has 0 saturated carbocycles. The Bertz CT molecular complexity index is 349. The van der Waals surface area contributed by atoms with Crippen molar-refractivity contribution in [2.75, 3.05) is 11.5 Å². The second-order valence-electron chi connectivity index (χ2n) is 5.17. The van der Waals surface area contributed by atoms with E-state index >= 15 is 0 Å². The predicted molar refractivity (Wildman–Crippen MR) is 78.4 cm³/mol. The molecule has 0 aliphatic carbocycles. The van der Waals surface area contributed by atoms with E-state index in [0.717, 1.165) is 6.54 Å². The first-order valence-electron chi connectivity index (χ1n) is 5.60. The molecule has 1 aliphatic heterocycles. The highest BCUT2D eigenvalue weighted by atomic mass is 79.9. The van der Waals surface area contributed by atoms with Gasteiger partial charge in [-0.2, -0.15) is 11.8 Å². The Labute approximate surface area is 115 Å². The monoisotopic (exact) mass is 319 g/mol. The van der Waals surface area contributed by atoms with E-state index in [-0.39, 0.29) is 0 Å². The van der Waals surface area contributed by atoms with Crippen LogP contribution >= 0.6 is 39.0 Å². The van der Waals surface area contributed by atoms with Gasteiger partial charge in [0.2, 0.25) is 0 Å². The molecule has 0 spiro atoms. The number of hydrogen-bond donors (Lipinski definition) is 1. The van der Waals surface area contributed by atoms with Crippen LogP contribution in [0.2, 0.25) is 0 Å². The van der Waals surface area contributed by atoms with Crippen molar-refractivity contribution in [1.82, 2.24) is 5.32 Å². The molecule has 0 aromatic carbocycles. The van der Waals surface area contributed by atoms with E-state index in [1.54, 1.807) is 0 Å². The first kappa shape index (κ1) is 12.9. The van der Waals surface area contributed by atoms with Gasteiger partial charge in [-0.25, -0.2) is 0 Å². The number of rotatable bonds is 3. The van der Waals surface area contributed by atoms with Gasteiger partial charge in [0.1, 0.15) is 0 Å². The van der Waals surface area contributed by atoms with Crippen LogP contribution in [0.3, 0.4) is 0 Å². The van der Waals surface area contributed by atoms with Crippen LogP contribution in [-0.4, -0.2) is 17.5 Å². The fourth-order valence-electron chi connectivity index (χ4n) is 2.09. The van der Waals surface area contributed by atoms with Gasteiger partial charge >= 0.3 is 0 Å². The lowest BCUT2D eigenvalue weighted by molar-refractivity contribution is 0.318. The Morgan fingerprint density at radius 2 is 2.31 bits per heavy atom. The highest BCUT2D eigenvalue weighted by Gasteiger charge is 2.27. The van der Waals surface area contributed by atoms with E-state index in [9.17, 15) is 0 Å². The molecule has 2 rings (SSSR count). The third kappa shape index (κ3) is 3.76. The average Bonchev–Trinajstić information content (AvgIpc) is 2.60. The summed E-state index contributed by atoms with van der Waals surface area (Å²) in [7, 11) is 0. The molecule has 1 unspecified atom stereocenters. The lowest BCUT2D eigenvalue weighted by Gasteiger charge is -2.35. The van der Waals surface area contributed by atoms with Crippen molar-refractivity contribution in [1.29, 1.82) is 0 Å². The van der Waals surface area contributed by atoms with Gasteiger partial charge in [-0.15, -0.1) is 11.3 Å². The highest BCUT2D eigenvalue weighted by molar-refractivity contribution is 9.11. The molecule has 4 heteroatoms. The van der Waals surface area contributed by atoms with Crippen molar-refractivity contribution < 1.29 is 0 Å². The van der Waals surface area contributed by atoms with E-state index in [0.29, 0.717) is 11.5 Å². The molecular weight excluding hydrogens is 302 g/mol. The molecule has 90 valence electrons. The van der Waals surface area contributed by atoms with Crippen molar-refractivity contribution in [2.24, 2.45) is 5.41 Å². The molecule has 1 nitrogen and oxygen atoms in total. The lowest BCUT2D eigenvalue weighted by Crippen LogP contribution is -2.39. The zero-order valence-corrected chi connectivity index (χ0v) is 13.0. The Morgan fingerprint density at radius 1 is 1.50 bits per heavy atom. The van der Waals surface area contributed by atoms with Gasteiger partial charge in [0.15, 0.2) is 0 Å². The molecule has 1 fully saturated rings. The molecule has 0 radical (unpaired) electrons. The van der Waals surface area contributed by atoms with E-state index in [1.807, 2.05) is 11.3 Å². The van der Waals surface area contributed by atoms with E-state index < -0.39 is 0 Å². The topological polar surface area (TPSA) is 12.0 Å². The number of halogens is 1. The lowest BCUT2D eigenvalue weighted by atomic mass is 9.88. The minimum Gasteiger partial charge on any atom is -0.308 e. The van der Waals surface area contributed by atoms with Gasteiger partial charge in [-0.1, -0.05) is 13.8 Å². The second-order valence-corrected chi connectivity index (χ2v) is 8.74. The zero-order chi connectivity index (χ0) is 11.6. The predicted octanol–water partition coefficient (Wildman–Crippen LogP) is 4.13. The third-order valence-electron chi connectivity index (χ3n) is 2.80. The third-order valence-corrected chi connectivity index (χ3v) is 6.05. The average molecular weight is 320 g/mol. The van der Waals surface area contributed by atoms with Gasteiger partial charge in [-0.05, 0) is 45.7 Å². The molecule has 0 bridgehead atoms. The molecular formula is C12H18BrNS2. The number of nitrogens with one attached hydrogen (secondary N) is 1. The van der Waals surface area contributed by atoms with Crippen molar-refractivity contribution in [2.45, 2.75) is 32.9 Å². The van der Waals surface area contributed by atoms with Crippen LogP contribution in [0.15, 0.2) is 15.9 Å². The minimum absolute atomic E-state index is 0.497. The van der Waals surface area contributed by atoms with Crippen LogP contribution in [0.4, 0.5) is 0 Å². The van der Waals surface area contributed by atoms with Gasteiger partial charge in [0.25, 0.3) is 0 Å². The van der Waals surface area contributed by atoms with Crippen molar-refractivity contribution in [3.63, 3.8) is 0 Å². The van der Waals surface area contributed by atoms with Gasteiger partial charge in [0, 0.05) is 23.2 Å². The molecule has 1 saturated heterocycles. The van der Waals surface area contributed by atoms with Crippen LogP contribution < -0.4 is 5.32 Å². The van der Waals surface area contributed by atoms with Gasteiger partial charge in [0.05, 0.1) is 3.79 Å². The first-order valence-corrected chi connectivity index (χ1v) is 8.37. The molecule has 1 atom stereocenters. The fourth-order valence-corrected chi connectivity index (χ4v) is 4.83. The maximum absolute atomic E-state index is 3.68. The summed E-state index contributed by atoms with van der Waals surface area (Å²) in [5.41, 5.74) is 0.497. The maximum atomic E-state index is 3.68. The Balaban J connectivity index is 1.82.